The summed E-state index contributed by atoms with van der Waals surface area (Å²) >= 11 is 12.0. The minimum absolute atomic E-state index is 0.413. The maximum Gasteiger partial charge on any atom is 0.0652 e. The molecule has 17 heavy (non-hydrogen) atoms. The van der Waals surface area contributed by atoms with E-state index in [9.17, 15) is 0 Å². The molecular formula is C13H17Cl2NO. The Morgan fingerprint density at radius 3 is 2.88 bits per heavy atom. The Labute approximate surface area is 112 Å². The molecule has 0 aliphatic carbocycles. The van der Waals surface area contributed by atoms with Crippen molar-refractivity contribution in [3.63, 3.8) is 0 Å². The molecule has 1 fully saturated rings. The number of rotatable bonds is 4. The maximum atomic E-state index is 6.16. The highest BCUT2D eigenvalue weighted by Gasteiger charge is 2.24. The van der Waals surface area contributed by atoms with E-state index in [0.29, 0.717) is 22.0 Å². The van der Waals surface area contributed by atoms with Gasteiger partial charge in [0.05, 0.1) is 17.3 Å². The Balaban J connectivity index is 2.06. The standard InChI is InChI=1S/C13H17Cl2NO/c1-2-12(9-5-6-17-8-9)16-13-4-3-10(14)7-11(13)15/h3-4,7,9,12,16H,2,5-6,8H2,1H3. The van der Waals surface area contributed by atoms with E-state index in [0.717, 1.165) is 31.7 Å². The van der Waals surface area contributed by atoms with Crippen molar-refractivity contribution in [1.82, 2.24) is 0 Å². The van der Waals surface area contributed by atoms with Gasteiger partial charge in [-0.3, -0.25) is 0 Å². The molecule has 1 N–H and O–H groups in total. The molecular weight excluding hydrogens is 257 g/mol. The quantitative estimate of drug-likeness (QED) is 0.887. The van der Waals surface area contributed by atoms with Crippen molar-refractivity contribution < 1.29 is 4.74 Å². The molecule has 1 aromatic rings. The second-order valence-corrected chi connectivity index (χ2v) is 5.25. The number of hydrogen-bond acceptors (Lipinski definition) is 2. The molecule has 2 rings (SSSR count). The molecule has 94 valence electrons. The Morgan fingerprint density at radius 2 is 2.29 bits per heavy atom. The van der Waals surface area contributed by atoms with Crippen LogP contribution in [-0.2, 0) is 4.74 Å². The van der Waals surface area contributed by atoms with Gasteiger partial charge in [0, 0.05) is 23.6 Å². The summed E-state index contributed by atoms with van der Waals surface area (Å²) < 4.78 is 5.43. The van der Waals surface area contributed by atoms with Crippen molar-refractivity contribution in [2.45, 2.75) is 25.8 Å². The summed E-state index contributed by atoms with van der Waals surface area (Å²) in [7, 11) is 0. The van der Waals surface area contributed by atoms with E-state index < -0.39 is 0 Å². The number of hydrogen-bond donors (Lipinski definition) is 1. The van der Waals surface area contributed by atoms with Gasteiger partial charge in [-0.15, -0.1) is 0 Å². The lowest BCUT2D eigenvalue weighted by atomic mass is 9.96. The Hall–Kier alpha value is -0.440. The molecule has 2 nitrogen and oxygen atoms in total. The highest BCUT2D eigenvalue weighted by atomic mass is 35.5. The van der Waals surface area contributed by atoms with Gasteiger partial charge in [-0.2, -0.15) is 0 Å². The number of nitrogens with one attached hydrogen (secondary N) is 1. The van der Waals surface area contributed by atoms with Crippen LogP contribution in [0.25, 0.3) is 0 Å². The van der Waals surface area contributed by atoms with Crippen molar-refractivity contribution in [2.75, 3.05) is 18.5 Å². The van der Waals surface area contributed by atoms with Crippen molar-refractivity contribution in [2.24, 2.45) is 5.92 Å². The van der Waals surface area contributed by atoms with Gasteiger partial charge in [0.15, 0.2) is 0 Å². The van der Waals surface area contributed by atoms with Gasteiger partial charge >= 0.3 is 0 Å². The van der Waals surface area contributed by atoms with Gasteiger partial charge in [-0.05, 0) is 31.0 Å². The predicted octanol–water partition coefficient (Wildman–Crippen LogP) is 4.22. The first kappa shape index (κ1) is 13.0. The molecule has 0 aromatic heterocycles. The minimum Gasteiger partial charge on any atom is -0.381 e. The van der Waals surface area contributed by atoms with E-state index >= 15 is 0 Å². The van der Waals surface area contributed by atoms with Crippen LogP contribution in [0.2, 0.25) is 10.0 Å². The van der Waals surface area contributed by atoms with Crippen LogP contribution >= 0.6 is 23.2 Å². The zero-order chi connectivity index (χ0) is 12.3. The number of anilines is 1. The molecule has 1 aliphatic heterocycles. The molecule has 4 heteroatoms. The fourth-order valence-corrected chi connectivity index (χ4v) is 2.69. The largest absolute Gasteiger partial charge is 0.381 e. The van der Waals surface area contributed by atoms with Crippen LogP contribution in [0.4, 0.5) is 5.69 Å². The fourth-order valence-electron chi connectivity index (χ4n) is 2.23. The lowest BCUT2D eigenvalue weighted by Gasteiger charge is -2.24. The van der Waals surface area contributed by atoms with Crippen molar-refractivity contribution >= 4 is 28.9 Å². The minimum atomic E-state index is 0.413. The normalized spacial score (nSPS) is 21.5. The summed E-state index contributed by atoms with van der Waals surface area (Å²) in [6.07, 6.45) is 2.18. The van der Waals surface area contributed by atoms with E-state index in [2.05, 4.69) is 12.2 Å². The van der Waals surface area contributed by atoms with Gasteiger partial charge < -0.3 is 10.1 Å². The van der Waals surface area contributed by atoms with Gasteiger partial charge in [0.2, 0.25) is 0 Å². The van der Waals surface area contributed by atoms with Gasteiger partial charge in [-0.25, -0.2) is 0 Å². The van der Waals surface area contributed by atoms with Crippen LogP contribution in [0.1, 0.15) is 19.8 Å². The van der Waals surface area contributed by atoms with E-state index in [4.69, 9.17) is 27.9 Å². The zero-order valence-electron chi connectivity index (χ0n) is 9.88. The van der Waals surface area contributed by atoms with Crippen molar-refractivity contribution in [1.29, 1.82) is 0 Å². The smallest absolute Gasteiger partial charge is 0.0652 e. The SMILES string of the molecule is CCC(Nc1ccc(Cl)cc1Cl)C1CCOC1. The highest BCUT2D eigenvalue weighted by Crippen LogP contribution is 2.29. The van der Waals surface area contributed by atoms with Gasteiger partial charge in [-0.1, -0.05) is 30.1 Å². The van der Waals surface area contributed by atoms with Crippen LogP contribution in [0.15, 0.2) is 18.2 Å². The monoisotopic (exact) mass is 273 g/mol. The highest BCUT2D eigenvalue weighted by molar-refractivity contribution is 6.36. The third kappa shape index (κ3) is 3.27. The third-order valence-corrected chi connectivity index (χ3v) is 3.79. The van der Waals surface area contributed by atoms with Crippen molar-refractivity contribution in [3.8, 4) is 0 Å². The van der Waals surface area contributed by atoms with Crippen molar-refractivity contribution in [3.05, 3.63) is 28.2 Å². The lowest BCUT2D eigenvalue weighted by Crippen LogP contribution is -2.28. The second kappa shape index (κ2) is 5.94. The summed E-state index contributed by atoms with van der Waals surface area (Å²) in [5.74, 6) is 0.576. The van der Waals surface area contributed by atoms with E-state index in [-0.39, 0.29) is 0 Å². The van der Waals surface area contributed by atoms with Crippen LogP contribution in [0.5, 0.6) is 0 Å². The van der Waals surface area contributed by atoms with Crippen LogP contribution < -0.4 is 5.32 Å². The molecule has 0 radical (unpaired) electrons. The summed E-state index contributed by atoms with van der Waals surface area (Å²) in [5.41, 5.74) is 0.954. The van der Waals surface area contributed by atoms with Gasteiger partial charge in [0.25, 0.3) is 0 Å². The first-order valence-corrected chi connectivity index (χ1v) is 6.75. The Kier molecular flexibility index (Phi) is 4.55. The molecule has 0 saturated carbocycles. The average molecular weight is 274 g/mol. The van der Waals surface area contributed by atoms with Crippen LogP contribution in [-0.4, -0.2) is 19.3 Å². The Morgan fingerprint density at radius 1 is 1.47 bits per heavy atom. The topological polar surface area (TPSA) is 21.3 Å². The molecule has 1 saturated heterocycles. The molecule has 1 aromatic carbocycles. The van der Waals surface area contributed by atoms with Crippen LogP contribution in [0, 0.1) is 5.92 Å². The van der Waals surface area contributed by atoms with E-state index in [1.807, 2.05) is 12.1 Å². The fraction of sp³-hybridized carbons (Fsp3) is 0.538. The summed E-state index contributed by atoms with van der Waals surface area (Å²) in [4.78, 5) is 0. The summed E-state index contributed by atoms with van der Waals surface area (Å²) in [6, 6.07) is 5.97. The molecule has 2 atom stereocenters. The number of halogens is 2. The van der Waals surface area contributed by atoms with Gasteiger partial charge in [0.1, 0.15) is 0 Å². The number of benzene rings is 1. The predicted molar refractivity (Wildman–Crippen MR) is 73.1 cm³/mol. The molecule has 0 spiro atoms. The first-order chi connectivity index (χ1) is 8.20. The molecule has 2 unspecified atom stereocenters. The molecule has 0 bridgehead atoms. The lowest BCUT2D eigenvalue weighted by molar-refractivity contribution is 0.182. The van der Waals surface area contributed by atoms with E-state index in [1.54, 1.807) is 6.07 Å². The first-order valence-electron chi connectivity index (χ1n) is 6.00. The zero-order valence-corrected chi connectivity index (χ0v) is 11.4. The Bertz CT molecular complexity index is 378. The number of ether oxygens (including phenoxy) is 1. The maximum absolute atomic E-state index is 6.16. The average Bonchev–Trinajstić information content (AvgIpc) is 2.81. The molecule has 1 aliphatic rings. The third-order valence-electron chi connectivity index (χ3n) is 3.25. The second-order valence-electron chi connectivity index (χ2n) is 4.41. The van der Waals surface area contributed by atoms with Crippen LogP contribution in [0.3, 0.4) is 0 Å². The summed E-state index contributed by atoms with van der Waals surface area (Å²) in [6.45, 7) is 3.90. The summed E-state index contributed by atoms with van der Waals surface area (Å²) in [5, 5.41) is 4.84. The van der Waals surface area contributed by atoms with E-state index in [1.165, 1.54) is 0 Å². The molecule has 0 amide bonds. The molecule has 1 heterocycles.